The molecule has 1 N–H and O–H groups in total. The molecule has 15 nitrogen and oxygen atoms in total. The second-order valence-corrected chi connectivity index (χ2v) is 10.7. The van der Waals surface area contributed by atoms with E-state index in [0.29, 0.717) is 4.90 Å². The average Bonchev–Trinajstić information content (AvgIpc) is 2.91. The number of carbonyl (C=O) groups excluding carboxylic acids is 7. The molecule has 1 heterocycles. The summed E-state index contributed by atoms with van der Waals surface area (Å²) in [7, 11) is 0.989. The minimum absolute atomic E-state index is 0.503. The van der Waals surface area contributed by atoms with Crippen molar-refractivity contribution in [3.8, 4) is 0 Å². The highest BCUT2D eigenvalue weighted by atomic mass is 32.2. The fourth-order valence-electron chi connectivity index (χ4n) is 4.52. The third-order valence-electron chi connectivity index (χ3n) is 5.90. The number of methoxy groups -OCH3 is 1. The van der Waals surface area contributed by atoms with Crippen LogP contribution in [0, 0.1) is 0 Å². The Balaban J connectivity index is 2.94. The van der Waals surface area contributed by atoms with Crippen LogP contribution >= 0.6 is 11.8 Å². The highest BCUT2D eigenvalue weighted by Crippen LogP contribution is 2.45. The largest absolute Gasteiger partial charge is 0.464 e. The fraction of sp³-hybridized carbons (Fsp3) is 0.536. The SMILES string of the molecule is COC(=O)[C@@]1(OC(C)=O)O[C@H]([C@H](OC(C)=O)[C@H](COC(C)=O)OC(C)=O)[C@H](NC(C)=O)[C@@H](OC(C)=O)[C@H]1Sc1ccccc1. The van der Waals surface area contributed by atoms with E-state index in [-0.39, 0.29) is 0 Å². The van der Waals surface area contributed by atoms with Gasteiger partial charge >= 0.3 is 41.6 Å². The van der Waals surface area contributed by atoms with Crippen LogP contribution in [-0.4, -0.2) is 96.9 Å². The summed E-state index contributed by atoms with van der Waals surface area (Å²) in [6.45, 7) is 5.64. The van der Waals surface area contributed by atoms with E-state index < -0.39 is 89.8 Å². The number of carbonyl (C=O) groups is 7. The van der Waals surface area contributed by atoms with Crippen molar-refractivity contribution in [2.24, 2.45) is 0 Å². The van der Waals surface area contributed by atoms with Crippen molar-refractivity contribution < 1.29 is 66.7 Å². The molecular formula is C28H35NO14S. The van der Waals surface area contributed by atoms with Crippen molar-refractivity contribution in [2.45, 2.75) is 87.9 Å². The van der Waals surface area contributed by atoms with E-state index in [2.05, 4.69) is 5.32 Å². The van der Waals surface area contributed by atoms with E-state index in [1.807, 2.05) is 0 Å². The fourth-order valence-corrected chi connectivity index (χ4v) is 5.84. The Morgan fingerprint density at radius 3 is 1.95 bits per heavy atom. The zero-order chi connectivity index (χ0) is 33.2. The van der Waals surface area contributed by atoms with Crippen LogP contribution in [0.3, 0.4) is 0 Å². The molecule has 1 aliphatic rings. The third kappa shape index (κ3) is 9.67. The average molecular weight is 642 g/mol. The van der Waals surface area contributed by atoms with Crippen LogP contribution in [0.25, 0.3) is 0 Å². The molecule has 0 spiro atoms. The molecule has 1 aliphatic heterocycles. The first-order valence-corrected chi connectivity index (χ1v) is 14.1. The van der Waals surface area contributed by atoms with Crippen molar-refractivity contribution in [1.29, 1.82) is 0 Å². The number of nitrogens with one attached hydrogen (secondary N) is 1. The number of esters is 6. The van der Waals surface area contributed by atoms with Crippen molar-refractivity contribution in [3.63, 3.8) is 0 Å². The molecule has 1 fully saturated rings. The molecule has 44 heavy (non-hydrogen) atoms. The summed E-state index contributed by atoms with van der Waals surface area (Å²) < 4.78 is 38.3. The maximum atomic E-state index is 13.6. The van der Waals surface area contributed by atoms with E-state index in [1.54, 1.807) is 30.3 Å². The van der Waals surface area contributed by atoms with Crippen LogP contribution in [-0.2, 0) is 66.7 Å². The van der Waals surface area contributed by atoms with Gasteiger partial charge in [0, 0.05) is 46.4 Å². The van der Waals surface area contributed by atoms with Crippen LogP contribution in [0.4, 0.5) is 0 Å². The zero-order valence-electron chi connectivity index (χ0n) is 25.2. The first kappa shape index (κ1) is 36.0. The predicted molar refractivity (Wildman–Crippen MR) is 148 cm³/mol. The first-order chi connectivity index (χ1) is 20.6. The maximum absolute atomic E-state index is 13.6. The van der Waals surface area contributed by atoms with Gasteiger partial charge in [0.1, 0.15) is 24.1 Å². The molecule has 1 amide bonds. The van der Waals surface area contributed by atoms with Gasteiger partial charge in [0.2, 0.25) is 5.91 Å². The third-order valence-corrected chi connectivity index (χ3v) is 7.27. The summed E-state index contributed by atoms with van der Waals surface area (Å²) in [5.74, 6) is -9.14. The molecular weight excluding hydrogens is 606 g/mol. The van der Waals surface area contributed by atoms with E-state index in [9.17, 15) is 33.6 Å². The number of thioether (sulfide) groups is 1. The van der Waals surface area contributed by atoms with Gasteiger partial charge in [-0.25, -0.2) is 4.79 Å². The maximum Gasteiger partial charge on any atom is 0.381 e. The topological polar surface area (TPSA) is 196 Å². The molecule has 0 saturated carbocycles. The van der Waals surface area contributed by atoms with Gasteiger partial charge in [0.15, 0.2) is 12.2 Å². The van der Waals surface area contributed by atoms with Gasteiger partial charge in [-0.2, -0.15) is 0 Å². The van der Waals surface area contributed by atoms with Crippen LogP contribution in [0.1, 0.15) is 41.5 Å². The Kier molecular flexibility index (Phi) is 13.1. The molecule has 2 rings (SSSR count). The first-order valence-electron chi connectivity index (χ1n) is 13.2. The molecule has 0 bridgehead atoms. The standard InChI is InChI=1S/C28H35NO14S/c1-14(30)29-22-24(23(40-17(4)33)21(39-16(3)32)13-38-15(2)31)43-28(27(36)37-7,42-19(6)35)26(25(22)41-18(5)34)44-20-11-9-8-10-12-20/h8-12,21-26H,13H2,1-7H3,(H,29,30)/t21-,22-,23+,24-,25+,26+,28-/m0/s1. The molecule has 0 aromatic heterocycles. The molecule has 0 radical (unpaired) electrons. The van der Waals surface area contributed by atoms with Crippen LogP contribution < -0.4 is 5.32 Å². The summed E-state index contributed by atoms with van der Waals surface area (Å²) in [6.07, 6.45) is -6.67. The van der Waals surface area contributed by atoms with Gasteiger partial charge in [0.05, 0.1) is 13.2 Å². The Bertz CT molecular complexity index is 1240. The van der Waals surface area contributed by atoms with E-state index in [1.165, 1.54) is 0 Å². The Morgan fingerprint density at radius 2 is 1.48 bits per heavy atom. The second kappa shape index (κ2) is 16.0. The van der Waals surface area contributed by atoms with Crippen LogP contribution in [0.15, 0.2) is 35.2 Å². The van der Waals surface area contributed by atoms with E-state index in [4.69, 9.17) is 33.2 Å². The van der Waals surface area contributed by atoms with Gasteiger partial charge in [-0.3, -0.25) is 28.8 Å². The highest BCUT2D eigenvalue weighted by molar-refractivity contribution is 8.00. The lowest BCUT2D eigenvalue weighted by atomic mass is 9.87. The lowest BCUT2D eigenvalue weighted by Gasteiger charge is -2.51. The van der Waals surface area contributed by atoms with Crippen molar-refractivity contribution in [3.05, 3.63) is 30.3 Å². The number of rotatable bonds is 12. The summed E-state index contributed by atoms with van der Waals surface area (Å²) in [5.41, 5.74) is 0. The van der Waals surface area contributed by atoms with Crippen molar-refractivity contribution in [2.75, 3.05) is 13.7 Å². The Labute approximate surface area is 257 Å². The van der Waals surface area contributed by atoms with Gasteiger partial charge in [-0.1, -0.05) is 18.2 Å². The van der Waals surface area contributed by atoms with Gasteiger partial charge in [-0.05, 0) is 12.1 Å². The van der Waals surface area contributed by atoms with Gasteiger partial charge in [0.25, 0.3) is 0 Å². The molecule has 16 heteroatoms. The van der Waals surface area contributed by atoms with Crippen molar-refractivity contribution in [1.82, 2.24) is 5.32 Å². The van der Waals surface area contributed by atoms with Gasteiger partial charge in [-0.15, -0.1) is 11.8 Å². The number of hydrogen-bond acceptors (Lipinski definition) is 15. The summed E-state index contributed by atoms with van der Waals surface area (Å²) in [4.78, 5) is 87.8. The number of amides is 1. The smallest absolute Gasteiger partial charge is 0.381 e. The van der Waals surface area contributed by atoms with Crippen LogP contribution in [0.5, 0.6) is 0 Å². The molecule has 1 aromatic rings. The normalized spacial score (nSPS) is 24.0. The lowest BCUT2D eigenvalue weighted by Crippen LogP contribution is -2.74. The predicted octanol–water partition coefficient (Wildman–Crippen LogP) is 0.841. The number of hydrogen-bond donors (Lipinski definition) is 1. The zero-order valence-corrected chi connectivity index (χ0v) is 26.0. The van der Waals surface area contributed by atoms with Gasteiger partial charge < -0.3 is 38.5 Å². The summed E-state index contributed by atoms with van der Waals surface area (Å²) in [6, 6.07) is 6.95. The Hall–Kier alpha value is -4.18. The summed E-state index contributed by atoms with van der Waals surface area (Å²) >= 11 is 0.905. The molecule has 1 saturated heterocycles. The molecule has 7 atom stereocenters. The number of benzene rings is 1. The quantitative estimate of drug-likeness (QED) is 0.249. The molecule has 0 aliphatic carbocycles. The van der Waals surface area contributed by atoms with E-state index >= 15 is 0 Å². The van der Waals surface area contributed by atoms with Crippen LogP contribution in [0.2, 0.25) is 0 Å². The van der Waals surface area contributed by atoms with Crippen molar-refractivity contribution >= 4 is 53.5 Å². The number of ether oxygens (including phenoxy) is 7. The monoisotopic (exact) mass is 641 g/mol. The highest BCUT2D eigenvalue weighted by Gasteiger charge is 2.66. The molecule has 1 aromatic carbocycles. The lowest BCUT2D eigenvalue weighted by molar-refractivity contribution is -0.300. The van der Waals surface area contributed by atoms with E-state index in [0.717, 1.165) is 60.4 Å². The minimum Gasteiger partial charge on any atom is -0.464 e. The molecule has 0 unspecified atom stereocenters. The minimum atomic E-state index is -2.71. The molecule has 242 valence electrons. The Morgan fingerprint density at radius 1 is 0.864 bits per heavy atom. The summed E-state index contributed by atoms with van der Waals surface area (Å²) in [5, 5.41) is 1.14. The second-order valence-electron chi connectivity index (χ2n) is 9.51.